The summed E-state index contributed by atoms with van der Waals surface area (Å²) in [4.78, 5) is 11.7. The van der Waals surface area contributed by atoms with Gasteiger partial charge in [-0.1, -0.05) is 31.4 Å². The minimum Gasteiger partial charge on any atom is -0.352 e. The van der Waals surface area contributed by atoms with E-state index >= 15 is 0 Å². The molecular formula is C17H26N2O3S. The molecule has 0 heterocycles. The van der Waals surface area contributed by atoms with E-state index in [1.807, 2.05) is 6.92 Å². The summed E-state index contributed by atoms with van der Waals surface area (Å²) in [5.41, 5.74) is 1.44. The Kier molecular flexibility index (Phi) is 6.59. The van der Waals surface area contributed by atoms with Crippen molar-refractivity contribution in [1.82, 2.24) is 10.0 Å². The first-order valence-electron chi connectivity index (χ1n) is 8.34. The zero-order chi connectivity index (χ0) is 16.7. The fourth-order valence-corrected chi connectivity index (χ4v) is 4.41. The average molecular weight is 338 g/mol. The first kappa shape index (κ1) is 17.9. The maximum Gasteiger partial charge on any atom is 0.251 e. The highest BCUT2D eigenvalue weighted by molar-refractivity contribution is 7.89. The number of sulfonamides is 1. The van der Waals surface area contributed by atoms with Gasteiger partial charge in [0.15, 0.2) is 0 Å². The molecule has 1 amide bonds. The summed E-state index contributed by atoms with van der Waals surface area (Å²) in [7, 11) is -3.24. The summed E-state index contributed by atoms with van der Waals surface area (Å²) in [6.45, 7) is 2.72. The van der Waals surface area contributed by atoms with Crippen LogP contribution in [0.3, 0.4) is 0 Å². The van der Waals surface area contributed by atoms with Crippen LogP contribution in [0.15, 0.2) is 24.3 Å². The van der Waals surface area contributed by atoms with Gasteiger partial charge < -0.3 is 5.32 Å². The van der Waals surface area contributed by atoms with E-state index in [-0.39, 0.29) is 18.2 Å². The fourth-order valence-electron chi connectivity index (χ4n) is 2.95. The molecule has 1 aliphatic rings. The molecule has 0 radical (unpaired) electrons. The third-order valence-electron chi connectivity index (χ3n) is 4.23. The molecule has 128 valence electrons. The molecule has 0 aliphatic heterocycles. The minimum absolute atomic E-state index is 0.114. The van der Waals surface area contributed by atoms with Crippen LogP contribution >= 0.6 is 0 Å². The number of carbonyl (C=O) groups excluding carboxylic acids is 1. The van der Waals surface area contributed by atoms with Crippen LogP contribution in [0, 0.1) is 5.92 Å². The molecule has 5 nitrogen and oxygen atoms in total. The summed E-state index contributed by atoms with van der Waals surface area (Å²) >= 11 is 0. The van der Waals surface area contributed by atoms with Gasteiger partial charge in [0.1, 0.15) is 0 Å². The zero-order valence-electron chi connectivity index (χ0n) is 13.7. The highest BCUT2D eigenvalue weighted by Crippen LogP contribution is 2.24. The van der Waals surface area contributed by atoms with Crippen LogP contribution in [0.25, 0.3) is 0 Å². The number of hydrogen-bond acceptors (Lipinski definition) is 3. The average Bonchev–Trinajstić information content (AvgIpc) is 2.54. The lowest BCUT2D eigenvalue weighted by molar-refractivity contribution is 0.0956. The second-order valence-electron chi connectivity index (χ2n) is 6.16. The summed E-state index contributed by atoms with van der Waals surface area (Å²) < 4.78 is 27.0. The Morgan fingerprint density at radius 3 is 2.39 bits per heavy atom. The Bertz CT molecular complexity index is 605. The Morgan fingerprint density at radius 1 is 1.13 bits per heavy atom. The molecule has 0 saturated heterocycles. The molecular weight excluding hydrogens is 312 g/mol. The van der Waals surface area contributed by atoms with Crippen molar-refractivity contribution in [2.45, 2.75) is 45.6 Å². The van der Waals surface area contributed by atoms with Crippen LogP contribution in [0.4, 0.5) is 0 Å². The van der Waals surface area contributed by atoms with E-state index in [1.54, 1.807) is 24.3 Å². The molecule has 1 aromatic rings. The maximum absolute atomic E-state index is 12.2. The third-order valence-corrected chi connectivity index (χ3v) is 5.72. The molecule has 6 heteroatoms. The second-order valence-corrected chi connectivity index (χ2v) is 8.01. The molecule has 0 atom stereocenters. The maximum atomic E-state index is 12.2. The van der Waals surface area contributed by atoms with Gasteiger partial charge in [0, 0.05) is 18.7 Å². The number of carbonyl (C=O) groups is 1. The van der Waals surface area contributed by atoms with Gasteiger partial charge in [-0.15, -0.1) is 0 Å². The normalized spacial score (nSPS) is 16.2. The van der Waals surface area contributed by atoms with Crippen LogP contribution < -0.4 is 10.0 Å². The molecule has 1 aromatic carbocycles. The molecule has 0 aromatic heterocycles. The largest absolute Gasteiger partial charge is 0.352 e. The Balaban J connectivity index is 1.85. The summed E-state index contributed by atoms with van der Waals surface area (Å²) in [6.07, 6.45) is 5.54. The zero-order valence-corrected chi connectivity index (χ0v) is 14.5. The lowest BCUT2D eigenvalue weighted by Crippen LogP contribution is -2.30. The van der Waals surface area contributed by atoms with E-state index in [2.05, 4.69) is 10.0 Å². The van der Waals surface area contributed by atoms with Gasteiger partial charge >= 0.3 is 0 Å². The van der Waals surface area contributed by atoms with Crippen molar-refractivity contribution in [2.24, 2.45) is 5.92 Å². The van der Waals surface area contributed by atoms with E-state index in [1.165, 1.54) is 6.42 Å². The molecule has 2 N–H and O–H groups in total. The van der Waals surface area contributed by atoms with Gasteiger partial charge in [0.2, 0.25) is 10.0 Å². The van der Waals surface area contributed by atoms with Gasteiger partial charge in [0.25, 0.3) is 5.91 Å². The standard InChI is InChI=1S/C17H26N2O3S/c1-2-18-17(20)16-10-8-14(9-11-16)12-19-23(21,22)13-15-6-4-3-5-7-15/h8-11,15,19H,2-7,12-13H2,1H3,(H,18,20). The van der Waals surface area contributed by atoms with E-state index in [0.29, 0.717) is 18.0 Å². The monoisotopic (exact) mass is 338 g/mol. The number of nitrogens with one attached hydrogen (secondary N) is 2. The van der Waals surface area contributed by atoms with Gasteiger partial charge in [-0.25, -0.2) is 13.1 Å². The Morgan fingerprint density at radius 2 is 1.78 bits per heavy atom. The van der Waals surface area contributed by atoms with Crippen molar-refractivity contribution in [3.63, 3.8) is 0 Å². The van der Waals surface area contributed by atoms with E-state index < -0.39 is 10.0 Å². The quantitative estimate of drug-likeness (QED) is 0.802. The van der Waals surface area contributed by atoms with Crippen LogP contribution in [-0.2, 0) is 16.6 Å². The number of benzene rings is 1. The highest BCUT2D eigenvalue weighted by Gasteiger charge is 2.21. The lowest BCUT2D eigenvalue weighted by atomic mass is 9.91. The predicted octanol–water partition coefficient (Wildman–Crippen LogP) is 2.44. The SMILES string of the molecule is CCNC(=O)c1ccc(CNS(=O)(=O)CC2CCCCC2)cc1. The van der Waals surface area contributed by atoms with Crippen molar-refractivity contribution in [1.29, 1.82) is 0 Å². The van der Waals surface area contributed by atoms with Gasteiger partial charge in [0.05, 0.1) is 5.75 Å². The van der Waals surface area contributed by atoms with Gasteiger partial charge in [-0.2, -0.15) is 0 Å². The van der Waals surface area contributed by atoms with Crippen LogP contribution in [0.1, 0.15) is 54.9 Å². The topological polar surface area (TPSA) is 75.3 Å². The number of hydrogen-bond donors (Lipinski definition) is 2. The van der Waals surface area contributed by atoms with Crippen molar-refractivity contribution < 1.29 is 13.2 Å². The molecule has 1 saturated carbocycles. The number of rotatable bonds is 7. The first-order valence-corrected chi connectivity index (χ1v) is 10.00. The summed E-state index contributed by atoms with van der Waals surface area (Å²) in [6, 6.07) is 7.01. The third kappa shape index (κ3) is 5.95. The number of amides is 1. The lowest BCUT2D eigenvalue weighted by Gasteiger charge is -2.21. The molecule has 1 fully saturated rings. The van der Waals surface area contributed by atoms with Crippen molar-refractivity contribution in [3.05, 3.63) is 35.4 Å². The van der Waals surface area contributed by atoms with Crippen molar-refractivity contribution in [3.8, 4) is 0 Å². The van der Waals surface area contributed by atoms with E-state index in [9.17, 15) is 13.2 Å². The predicted molar refractivity (Wildman–Crippen MR) is 91.7 cm³/mol. The minimum atomic E-state index is -3.24. The van der Waals surface area contributed by atoms with Crippen LogP contribution in [0.2, 0.25) is 0 Å². The second kappa shape index (κ2) is 8.45. The highest BCUT2D eigenvalue weighted by atomic mass is 32.2. The van der Waals surface area contributed by atoms with E-state index in [0.717, 1.165) is 31.2 Å². The Labute approximate surface area is 138 Å². The Hall–Kier alpha value is -1.40. The van der Waals surface area contributed by atoms with Crippen LogP contribution in [-0.4, -0.2) is 26.6 Å². The molecule has 0 unspecified atom stereocenters. The van der Waals surface area contributed by atoms with Gasteiger partial charge in [-0.05, 0) is 43.4 Å². The fraction of sp³-hybridized carbons (Fsp3) is 0.588. The molecule has 0 spiro atoms. The molecule has 23 heavy (non-hydrogen) atoms. The molecule has 1 aliphatic carbocycles. The summed E-state index contributed by atoms with van der Waals surface area (Å²) in [5, 5.41) is 2.73. The smallest absolute Gasteiger partial charge is 0.251 e. The summed E-state index contributed by atoms with van der Waals surface area (Å²) in [5.74, 6) is 0.405. The van der Waals surface area contributed by atoms with E-state index in [4.69, 9.17) is 0 Å². The molecule has 2 rings (SSSR count). The van der Waals surface area contributed by atoms with Crippen molar-refractivity contribution in [2.75, 3.05) is 12.3 Å². The van der Waals surface area contributed by atoms with Crippen LogP contribution in [0.5, 0.6) is 0 Å². The molecule has 0 bridgehead atoms. The van der Waals surface area contributed by atoms with Gasteiger partial charge in [-0.3, -0.25) is 4.79 Å². The first-order chi connectivity index (χ1) is 11.0. The van der Waals surface area contributed by atoms with Crippen molar-refractivity contribution >= 4 is 15.9 Å².